The molecule has 0 heterocycles. The van der Waals surface area contributed by atoms with Crippen LogP contribution in [0.4, 0.5) is 0 Å². The van der Waals surface area contributed by atoms with E-state index in [1.807, 2.05) is 32.0 Å². The number of nitrogens with one attached hydrogen (secondary N) is 1. The average Bonchev–Trinajstić information content (AvgIpc) is 2.30. The van der Waals surface area contributed by atoms with Crippen molar-refractivity contribution in [1.82, 2.24) is 5.32 Å². The lowest BCUT2D eigenvalue weighted by Gasteiger charge is -2.23. The number of amides is 1. The maximum atomic E-state index is 11.8. The Morgan fingerprint density at radius 2 is 2.06 bits per heavy atom. The van der Waals surface area contributed by atoms with Crippen LogP contribution in [0.2, 0.25) is 5.02 Å². The summed E-state index contributed by atoms with van der Waals surface area (Å²) in [6, 6.07) is 7.33. The molecule has 1 rings (SSSR count). The molecule has 0 saturated carbocycles. The lowest BCUT2D eigenvalue weighted by Crippen LogP contribution is -2.35. The molecule has 0 aromatic heterocycles. The monoisotopic (exact) mass is 269 g/mol. The molecule has 0 aliphatic heterocycles. The van der Waals surface area contributed by atoms with Gasteiger partial charge in [0.2, 0.25) is 5.91 Å². The molecule has 2 N–H and O–H groups in total. The zero-order valence-electron chi connectivity index (χ0n) is 10.9. The van der Waals surface area contributed by atoms with E-state index in [1.54, 1.807) is 6.07 Å². The van der Waals surface area contributed by atoms with Crippen LogP contribution in [0.15, 0.2) is 24.3 Å². The zero-order valence-corrected chi connectivity index (χ0v) is 11.6. The first kappa shape index (κ1) is 15.0. The number of halogens is 1. The Balaban J connectivity index is 2.46. The summed E-state index contributed by atoms with van der Waals surface area (Å²) in [6.07, 6.45) is 0.953. The summed E-state index contributed by atoms with van der Waals surface area (Å²) < 4.78 is 0. The molecule has 0 radical (unpaired) electrons. The van der Waals surface area contributed by atoms with Crippen molar-refractivity contribution in [1.29, 1.82) is 0 Å². The predicted molar refractivity (Wildman–Crippen MR) is 73.6 cm³/mol. The van der Waals surface area contributed by atoms with Crippen LogP contribution in [0.25, 0.3) is 0 Å². The first-order valence-corrected chi connectivity index (χ1v) is 6.43. The van der Waals surface area contributed by atoms with E-state index in [1.165, 1.54) is 0 Å². The summed E-state index contributed by atoms with van der Waals surface area (Å²) in [5, 5.41) is 12.4. The maximum Gasteiger partial charge on any atom is 0.224 e. The Morgan fingerprint density at radius 3 is 2.67 bits per heavy atom. The van der Waals surface area contributed by atoms with Crippen LogP contribution in [-0.2, 0) is 11.2 Å². The summed E-state index contributed by atoms with van der Waals surface area (Å²) in [7, 11) is 0. The van der Waals surface area contributed by atoms with Crippen LogP contribution in [0, 0.1) is 5.41 Å². The molecule has 0 aliphatic rings. The summed E-state index contributed by atoms with van der Waals surface area (Å²) in [5.74, 6) is -0.0471. The largest absolute Gasteiger partial charge is 0.396 e. The van der Waals surface area contributed by atoms with Gasteiger partial charge in [0.15, 0.2) is 0 Å². The molecule has 1 aromatic carbocycles. The van der Waals surface area contributed by atoms with E-state index < -0.39 is 0 Å². The van der Waals surface area contributed by atoms with Gasteiger partial charge >= 0.3 is 0 Å². The van der Waals surface area contributed by atoms with Crippen molar-refractivity contribution < 1.29 is 9.90 Å². The SMILES string of the molecule is CC(C)(CCO)CNC(=O)Cc1ccccc1Cl. The van der Waals surface area contributed by atoms with Crippen LogP contribution in [-0.4, -0.2) is 24.2 Å². The minimum atomic E-state index is -0.0924. The Bertz CT molecular complexity index is 405. The van der Waals surface area contributed by atoms with Crippen molar-refractivity contribution in [2.45, 2.75) is 26.7 Å². The second-order valence-electron chi connectivity index (χ2n) is 5.18. The van der Waals surface area contributed by atoms with E-state index in [0.717, 1.165) is 5.56 Å². The Morgan fingerprint density at radius 1 is 1.39 bits per heavy atom. The summed E-state index contributed by atoms with van der Waals surface area (Å²) >= 11 is 6.00. The number of aliphatic hydroxyl groups is 1. The van der Waals surface area contributed by atoms with Crippen molar-refractivity contribution in [3.8, 4) is 0 Å². The number of benzene rings is 1. The van der Waals surface area contributed by atoms with Gasteiger partial charge in [0.1, 0.15) is 0 Å². The van der Waals surface area contributed by atoms with Crippen LogP contribution in [0.3, 0.4) is 0 Å². The van der Waals surface area contributed by atoms with Gasteiger partial charge in [0.25, 0.3) is 0 Å². The van der Waals surface area contributed by atoms with Crippen LogP contribution < -0.4 is 5.32 Å². The number of rotatable bonds is 6. The van der Waals surface area contributed by atoms with Gasteiger partial charge in [-0.1, -0.05) is 43.6 Å². The molecule has 1 amide bonds. The van der Waals surface area contributed by atoms with E-state index in [0.29, 0.717) is 18.0 Å². The quantitative estimate of drug-likeness (QED) is 0.833. The van der Waals surface area contributed by atoms with Gasteiger partial charge in [-0.05, 0) is 23.5 Å². The van der Waals surface area contributed by atoms with Crippen molar-refractivity contribution in [2.75, 3.05) is 13.2 Å². The molecule has 0 unspecified atom stereocenters. The fourth-order valence-corrected chi connectivity index (χ4v) is 1.81. The van der Waals surface area contributed by atoms with Gasteiger partial charge in [-0.15, -0.1) is 0 Å². The van der Waals surface area contributed by atoms with E-state index in [2.05, 4.69) is 5.32 Å². The molecule has 4 heteroatoms. The van der Waals surface area contributed by atoms with Crippen LogP contribution >= 0.6 is 11.6 Å². The van der Waals surface area contributed by atoms with Crippen LogP contribution in [0.5, 0.6) is 0 Å². The molecule has 0 spiro atoms. The van der Waals surface area contributed by atoms with E-state index in [-0.39, 0.29) is 24.3 Å². The highest BCUT2D eigenvalue weighted by atomic mass is 35.5. The number of hydrogen-bond donors (Lipinski definition) is 2. The minimum Gasteiger partial charge on any atom is -0.396 e. The molecule has 1 aromatic rings. The second kappa shape index (κ2) is 6.76. The van der Waals surface area contributed by atoms with Gasteiger partial charge < -0.3 is 10.4 Å². The number of carbonyl (C=O) groups excluding carboxylic acids is 1. The number of carbonyl (C=O) groups is 1. The van der Waals surface area contributed by atoms with E-state index in [4.69, 9.17) is 16.7 Å². The second-order valence-corrected chi connectivity index (χ2v) is 5.59. The lowest BCUT2D eigenvalue weighted by atomic mass is 9.89. The third-order valence-corrected chi connectivity index (χ3v) is 3.23. The van der Waals surface area contributed by atoms with Gasteiger partial charge in [-0.25, -0.2) is 0 Å². The average molecular weight is 270 g/mol. The maximum absolute atomic E-state index is 11.8. The van der Waals surface area contributed by atoms with Crippen molar-refractivity contribution in [3.05, 3.63) is 34.9 Å². The van der Waals surface area contributed by atoms with Gasteiger partial charge in [0.05, 0.1) is 6.42 Å². The molecule has 0 fully saturated rings. The topological polar surface area (TPSA) is 49.3 Å². The van der Waals surface area contributed by atoms with Gasteiger partial charge in [0, 0.05) is 18.2 Å². The predicted octanol–water partition coefficient (Wildman–Crippen LogP) is 2.41. The fourth-order valence-electron chi connectivity index (χ4n) is 1.61. The molecule has 100 valence electrons. The Kier molecular flexibility index (Phi) is 5.63. The lowest BCUT2D eigenvalue weighted by molar-refractivity contribution is -0.120. The summed E-state index contributed by atoms with van der Waals surface area (Å²) in [5.41, 5.74) is 0.738. The minimum absolute atomic E-state index is 0.0471. The molecular formula is C14H20ClNO2. The molecule has 0 aliphatic carbocycles. The molecule has 3 nitrogen and oxygen atoms in total. The summed E-state index contributed by atoms with van der Waals surface area (Å²) in [4.78, 5) is 11.8. The summed E-state index contributed by atoms with van der Waals surface area (Å²) in [6.45, 7) is 4.71. The highest BCUT2D eigenvalue weighted by molar-refractivity contribution is 6.31. The van der Waals surface area contributed by atoms with Gasteiger partial charge in [-0.3, -0.25) is 4.79 Å². The Hall–Kier alpha value is -1.06. The molecule has 18 heavy (non-hydrogen) atoms. The van der Waals surface area contributed by atoms with Crippen molar-refractivity contribution >= 4 is 17.5 Å². The Labute approximate surface area is 113 Å². The smallest absolute Gasteiger partial charge is 0.224 e. The van der Waals surface area contributed by atoms with Crippen molar-refractivity contribution in [3.63, 3.8) is 0 Å². The van der Waals surface area contributed by atoms with E-state index in [9.17, 15) is 4.79 Å². The highest BCUT2D eigenvalue weighted by Crippen LogP contribution is 2.18. The molecule has 0 bridgehead atoms. The van der Waals surface area contributed by atoms with Gasteiger partial charge in [-0.2, -0.15) is 0 Å². The number of aliphatic hydroxyl groups excluding tert-OH is 1. The zero-order chi connectivity index (χ0) is 13.6. The highest BCUT2D eigenvalue weighted by Gasteiger charge is 2.18. The molecular weight excluding hydrogens is 250 g/mol. The molecule has 0 atom stereocenters. The standard InChI is InChI=1S/C14H20ClNO2/c1-14(2,7-8-17)10-16-13(18)9-11-5-3-4-6-12(11)15/h3-6,17H,7-10H2,1-2H3,(H,16,18). The first-order valence-electron chi connectivity index (χ1n) is 6.05. The number of hydrogen-bond acceptors (Lipinski definition) is 2. The third-order valence-electron chi connectivity index (χ3n) is 2.86. The normalized spacial score (nSPS) is 11.3. The first-order chi connectivity index (χ1) is 8.44. The molecule has 0 saturated heterocycles. The van der Waals surface area contributed by atoms with E-state index >= 15 is 0 Å². The third kappa shape index (κ3) is 5.07. The van der Waals surface area contributed by atoms with Crippen molar-refractivity contribution in [2.24, 2.45) is 5.41 Å². The van der Waals surface area contributed by atoms with Crippen LogP contribution in [0.1, 0.15) is 25.8 Å². The fraction of sp³-hybridized carbons (Fsp3) is 0.500.